The van der Waals surface area contributed by atoms with E-state index in [0.717, 1.165) is 37.4 Å². The van der Waals surface area contributed by atoms with Crippen LogP contribution in [0.2, 0.25) is 0 Å². The smallest absolute Gasteiger partial charge is 0.272 e. The number of hydrogen-bond acceptors (Lipinski definition) is 4. The highest BCUT2D eigenvalue weighted by molar-refractivity contribution is 5.37. The molecule has 132 valence electrons. The number of hydrogen-bond donors (Lipinski definition) is 1. The van der Waals surface area contributed by atoms with Crippen LogP contribution in [-0.4, -0.2) is 35.8 Å². The molecule has 4 rings (SSSR count). The molecule has 1 N–H and O–H groups in total. The van der Waals surface area contributed by atoms with Crippen molar-refractivity contribution in [3.05, 3.63) is 51.8 Å². The molecule has 0 bridgehead atoms. The number of fused-ring (bicyclic) bond motifs is 1. The van der Waals surface area contributed by atoms with Crippen LogP contribution in [0.3, 0.4) is 0 Å². The van der Waals surface area contributed by atoms with E-state index in [4.69, 9.17) is 4.98 Å². The fourth-order valence-electron chi connectivity index (χ4n) is 3.73. The third-order valence-electron chi connectivity index (χ3n) is 5.10. The van der Waals surface area contributed by atoms with Crippen molar-refractivity contribution in [3.8, 4) is 0 Å². The lowest BCUT2D eigenvalue weighted by Gasteiger charge is -2.35. The molecule has 1 aliphatic rings. The zero-order chi connectivity index (χ0) is 17.4. The first-order valence-corrected chi connectivity index (χ1v) is 9.00. The zero-order valence-corrected chi connectivity index (χ0v) is 14.8. The van der Waals surface area contributed by atoms with Crippen LogP contribution in [0.25, 0.3) is 5.65 Å². The fraction of sp³-hybridized carbons (Fsp3) is 0.500. The number of aryl methyl sites for hydroxylation is 2. The summed E-state index contributed by atoms with van der Waals surface area (Å²) in [5.74, 6) is 0. The zero-order valence-electron chi connectivity index (χ0n) is 14.8. The third kappa shape index (κ3) is 3.00. The highest BCUT2D eigenvalue weighted by Crippen LogP contribution is 2.31. The Morgan fingerprint density at radius 3 is 3.04 bits per heavy atom. The summed E-state index contributed by atoms with van der Waals surface area (Å²) in [7, 11) is 0. The van der Waals surface area contributed by atoms with E-state index < -0.39 is 0 Å². The molecule has 7 nitrogen and oxygen atoms in total. The summed E-state index contributed by atoms with van der Waals surface area (Å²) in [4.78, 5) is 19.5. The Kier molecular flexibility index (Phi) is 4.17. The highest BCUT2D eigenvalue weighted by Gasteiger charge is 2.27. The summed E-state index contributed by atoms with van der Waals surface area (Å²) in [6.07, 6.45) is 7.27. The van der Waals surface area contributed by atoms with Gasteiger partial charge in [0.2, 0.25) is 0 Å². The molecule has 7 heteroatoms. The van der Waals surface area contributed by atoms with Gasteiger partial charge in [0.25, 0.3) is 5.56 Å². The standard InChI is InChI=1S/C18H24N6O/c1-3-23-12-14(13(2)21-23)11-22-9-5-4-6-16(22)15-10-18(25)24-17(20-15)7-8-19-24/h7-8,10,12,16,19H,3-6,9,11H2,1-2H3/t16-/m0/s1. The first-order chi connectivity index (χ1) is 12.2. The van der Waals surface area contributed by atoms with Gasteiger partial charge in [-0.1, -0.05) is 6.42 Å². The van der Waals surface area contributed by atoms with Gasteiger partial charge < -0.3 is 0 Å². The van der Waals surface area contributed by atoms with Gasteiger partial charge >= 0.3 is 0 Å². The Labute approximate surface area is 146 Å². The molecular weight excluding hydrogens is 316 g/mol. The Bertz CT molecular complexity index is 937. The van der Waals surface area contributed by atoms with E-state index in [0.29, 0.717) is 5.65 Å². The number of aromatic amines is 1. The topological polar surface area (TPSA) is 71.2 Å². The maximum Gasteiger partial charge on any atom is 0.272 e. The van der Waals surface area contributed by atoms with Crippen molar-refractivity contribution in [3.63, 3.8) is 0 Å². The largest absolute Gasteiger partial charge is 0.297 e. The van der Waals surface area contributed by atoms with Crippen LogP contribution >= 0.6 is 0 Å². The Hall–Kier alpha value is -2.41. The molecule has 0 spiro atoms. The molecule has 1 saturated heterocycles. The Morgan fingerprint density at radius 2 is 2.24 bits per heavy atom. The number of piperidine rings is 1. The molecule has 0 unspecified atom stereocenters. The summed E-state index contributed by atoms with van der Waals surface area (Å²) in [6.45, 7) is 6.92. The van der Waals surface area contributed by atoms with Gasteiger partial charge in [-0.3, -0.25) is 19.5 Å². The van der Waals surface area contributed by atoms with Crippen molar-refractivity contribution in [2.75, 3.05) is 6.54 Å². The lowest BCUT2D eigenvalue weighted by molar-refractivity contribution is 0.137. The van der Waals surface area contributed by atoms with Gasteiger partial charge in [-0.2, -0.15) is 5.10 Å². The average molecular weight is 340 g/mol. The van der Waals surface area contributed by atoms with E-state index in [1.165, 1.54) is 22.9 Å². The van der Waals surface area contributed by atoms with Crippen molar-refractivity contribution in [1.29, 1.82) is 0 Å². The fourth-order valence-corrected chi connectivity index (χ4v) is 3.73. The second-order valence-corrected chi connectivity index (χ2v) is 6.75. The summed E-state index contributed by atoms with van der Waals surface area (Å²) in [5, 5.41) is 7.46. The van der Waals surface area contributed by atoms with E-state index in [1.54, 1.807) is 12.3 Å². The predicted molar refractivity (Wildman–Crippen MR) is 95.5 cm³/mol. The van der Waals surface area contributed by atoms with Crippen LogP contribution in [-0.2, 0) is 13.1 Å². The maximum atomic E-state index is 12.3. The van der Waals surface area contributed by atoms with Gasteiger partial charge in [-0.25, -0.2) is 9.50 Å². The van der Waals surface area contributed by atoms with Crippen molar-refractivity contribution >= 4 is 5.65 Å². The van der Waals surface area contributed by atoms with Crippen molar-refractivity contribution in [2.45, 2.75) is 52.2 Å². The molecule has 3 aromatic heterocycles. The monoisotopic (exact) mass is 340 g/mol. The molecule has 1 atom stereocenters. The van der Waals surface area contributed by atoms with Crippen LogP contribution in [0.15, 0.2) is 29.3 Å². The number of H-pyrrole nitrogens is 1. The van der Waals surface area contributed by atoms with Gasteiger partial charge in [-0.05, 0) is 33.2 Å². The van der Waals surface area contributed by atoms with Crippen molar-refractivity contribution in [2.24, 2.45) is 0 Å². The minimum atomic E-state index is -0.0505. The van der Waals surface area contributed by atoms with E-state index in [-0.39, 0.29) is 11.6 Å². The van der Waals surface area contributed by atoms with Crippen LogP contribution in [0, 0.1) is 6.92 Å². The normalized spacial score (nSPS) is 18.9. The molecule has 0 amide bonds. The Morgan fingerprint density at radius 1 is 1.36 bits per heavy atom. The number of nitrogens with zero attached hydrogens (tertiary/aromatic N) is 5. The minimum absolute atomic E-state index is 0.0505. The molecule has 1 fully saturated rings. The van der Waals surface area contributed by atoms with Crippen LogP contribution in [0.5, 0.6) is 0 Å². The average Bonchev–Trinajstić information content (AvgIpc) is 3.22. The molecule has 0 aromatic carbocycles. The van der Waals surface area contributed by atoms with E-state index in [1.807, 2.05) is 10.7 Å². The molecule has 3 aromatic rings. The lowest BCUT2D eigenvalue weighted by atomic mass is 9.98. The van der Waals surface area contributed by atoms with Crippen LogP contribution < -0.4 is 5.56 Å². The molecule has 4 heterocycles. The first-order valence-electron chi connectivity index (χ1n) is 9.00. The number of likely N-dealkylation sites (tertiary alicyclic amines) is 1. The molecule has 0 saturated carbocycles. The third-order valence-corrected chi connectivity index (χ3v) is 5.10. The van der Waals surface area contributed by atoms with Gasteiger partial charge in [0.15, 0.2) is 5.65 Å². The SMILES string of the molecule is CCn1cc(CN2CCCC[C@H]2c2cc(=O)n3[nH]ccc3n2)c(C)n1. The quantitative estimate of drug-likeness (QED) is 0.791. The van der Waals surface area contributed by atoms with E-state index >= 15 is 0 Å². The van der Waals surface area contributed by atoms with Gasteiger partial charge in [0.1, 0.15) is 0 Å². The minimum Gasteiger partial charge on any atom is -0.297 e. The lowest BCUT2D eigenvalue weighted by Crippen LogP contribution is -2.34. The van der Waals surface area contributed by atoms with Gasteiger partial charge in [0.05, 0.1) is 17.4 Å². The number of rotatable bonds is 4. The molecule has 0 aliphatic carbocycles. The molecule has 25 heavy (non-hydrogen) atoms. The van der Waals surface area contributed by atoms with E-state index in [2.05, 4.69) is 35.1 Å². The highest BCUT2D eigenvalue weighted by atomic mass is 16.1. The predicted octanol–water partition coefficient (Wildman–Crippen LogP) is 2.27. The Balaban J connectivity index is 1.65. The molecular formula is C18H24N6O. The summed E-state index contributed by atoms with van der Waals surface area (Å²) in [5.41, 5.74) is 3.85. The van der Waals surface area contributed by atoms with Crippen molar-refractivity contribution < 1.29 is 0 Å². The second kappa shape index (κ2) is 6.48. The maximum absolute atomic E-state index is 12.3. The number of nitrogens with one attached hydrogen (secondary N) is 1. The second-order valence-electron chi connectivity index (χ2n) is 6.75. The molecule has 1 aliphatic heterocycles. The van der Waals surface area contributed by atoms with Crippen LogP contribution in [0.1, 0.15) is 49.2 Å². The van der Waals surface area contributed by atoms with Crippen LogP contribution in [0.4, 0.5) is 0 Å². The summed E-state index contributed by atoms with van der Waals surface area (Å²) < 4.78 is 3.46. The van der Waals surface area contributed by atoms with E-state index in [9.17, 15) is 4.79 Å². The molecule has 0 radical (unpaired) electrons. The van der Waals surface area contributed by atoms with Crippen molar-refractivity contribution in [1.82, 2.24) is 29.3 Å². The number of aromatic nitrogens is 5. The first kappa shape index (κ1) is 16.1. The van der Waals surface area contributed by atoms with Gasteiger partial charge in [-0.15, -0.1) is 0 Å². The summed E-state index contributed by atoms with van der Waals surface area (Å²) in [6, 6.07) is 3.70. The summed E-state index contributed by atoms with van der Waals surface area (Å²) >= 11 is 0. The van der Waals surface area contributed by atoms with Gasteiger partial charge in [0, 0.05) is 43.2 Å².